The Hall–Kier alpha value is -3.14. The first kappa shape index (κ1) is 19.6. The molecule has 0 radical (unpaired) electrons. The molecular weight excluding hydrogens is 385 g/mol. The summed E-state index contributed by atoms with van der Waals surface area (Å²) in [6, 6.07) is 7.33. The van der Waals surface area contributed by atoms with Gasteiger partial charge in [0.15, 0.2) is 10.9 Å². The molecule has 0 saturated carbocycles. The first-order valence-electron chi connectivity index (χ1n) is 8.26. The summed E-state index contributed by atoms with van der Waals surface area (Å²) < 4.78 is 22.2. The van der Waals surface area contributed by atoms with Gasteiger partial charge in [-0.1, -0.05) is 23.9 Å². The van der Waals surface area contributed by atoms with E-state index in [4.69, 9.17) is 4.74 Å². The molecule has 0 aliphatic heterocycles. The van der Waals surface area contributed by atoms with Gasteiger partial charge in [0.25, 0.3) is 0 Å². The number of carbonyl (C=O) groups is 1. The normalized spacial score (nSPS) is 10.7. The van der Waals surface area contributed by atoms with Crippen molar-refractivity contribution in [2.45, 2.75) is 17.5 Å². The number of hydrogen-bond donors (Lipinski definition) is 1. The lowest BCUT2D eigenvalue weighted by Gasteiger charge is -2.15. The van der Waals surface area contributed by atoms with Crippen LogP contribution in [0.5, 0.6) is 5.75 Å². The van der Waals surface area contributed by atoms with E-state index < -0.39 is 11.7 Å². The van der Waals surface area contributed by atoms with Crippen LogP contribution in [-0.4, -0.2) is 32.3 Å². The zero-order chi connectivity index (χ0) is 20.1. The van der Waals surface area contributed by atoms with Crippen LogP contribution in [0.15, 0.2) is 52.8 Å². The van der Waals surface area contributed by atoms with Gasteiger partial charge in [-0.15, -0.1) is 10.2 Å². The van der Waals surface area contributed by atoms with Crippen LogP contribution < -0.4 is 15.5 Å². The van der Waals surface area contributed by atoms with Gasteiger partial charge in [-0.3, -0.25) is 9.59 Å². The Bertz CT molecular complexity index is 1050. The average molecular weight is 403 g/mol. The molecule has 0 aliphatic rings. The van der Waals surface area contributed by atoms with E-state index in [1.165, 1.54) is 43.3 Å². The fourth-order valence-corrected chi connectivity index (χ4v) is 3.35. The van der Waals surface area contributed by atoms with Crippen molar-refractivity contribution >= 4 is 23.4 Å². The van der Waals surface area contributed by atoms with Crippen LogP contribution in [0.25, 0.3) is 0 Å². The second kappa shape index (κ2) is 8.70. The number of nitrogens with zero attached hydrogens (tertiary/aromatic N) is 4. The molecule has 0 spiro atoms. The Morgan fingerprint density at radius 2 is 2.14 bits per heavy atom. The SMILES string of the molecule is COc1cn(CC(=O)Nc2ccccc2F)c(CSc2nncn2C)cc1=O. The summed E-state index contributed by atoms with van der Waals surface area (Å²) >= 11 is 1.37. The van der Waals surface area contributed by atoms with Crippen molar-refractivity contribution < 1.29 is 13.9 Å². The van der Waals surface area contributed by atoms with Crippen LogP contribution in [0.2, 0.25) is 0 Å². The third-order valence-corrected chi connectivity index (χ3v) is 4.95. The number of anilines is 1. The number of rotatable bonds is 7. The van der Waals surface area contributed by atoms with Gasteiger partial charge in [0, 0.05) is 24.6 Å². The third kappa shape index (κ3) is 4.58. The minimum atomic E-state index is -0.522. The summed E-state index contributed by atoms with van der Waals surface area (Å²) in [6.45, 7) is -0.111. The van der Waals surface area contributed by atoms with Crippen molar-refractivity contribution in [1.29, 1.82) is 0 Å². The van der Waals surface area contributed by atoms with E-state index in [-0.39, 0.29) is 23.4 Å². The minimum Gasteiger partial charge on any atom is -0.491 e. The van der Waals surface area contributed by atoms with Gasteiger partial charge in [-0.2, -0.15) is 0 Å². The number of nitrogens with one attached hydrogen (secondary N) is 1. The number of thioether (sulfide) groups is 1. The fourth-order valence-electron chi connectivity index (χ4n) is 2.47. The molecule has 1 aromatic carbocycles. The molecule has 10 heteroatoms. The molecular formula is C18H18FN5O3S. The monoisotopic (exact) mass is 403 g/mol. The van der Waals surface area contributed by atoms with Crippen molar-refractivity contribution in [3.63, 3.8) is 0 Å². The summed E-state index contributed by atoms with van der Waals surface area (Å²) in [7, 11) is 3.19. The molecule has 3 aromatic rings. The lowest BCUT2D eigenvalue weighted by molar-refractivity contribution is -0.116. The molecule has 2 aromatic heterocycles. The summed E-state index contributed by atoms with van der Waals surface area (Å²) in [5.41, 5.74) is 0.403. The van der Waals surface area contributed by atoms with E-state index in [1.807, 2.05) is 7.05 Å². The predicted octanol–water partition coefficient (Wildman–Crippen LogP) is 2.06. The van der Waals surface area contributed by atoms with Crippen LogP contribution in [0.4, 0.5) is 10.1 Å². The van der Waals surface area contributed by atoms with E-state index in [0.29, 0.717) is 16.6 Å². The maximum absolute atomic E-state index is 13.8. The quantitative estimate of drug-likeness (QED) is 0.607. The molecule has 1 amide bonds. The molecule has 1 N–H and O–H groups in total. The van der Waals surface area contributed by atoms with Gasteiger partial charge in [0.05, 0.1) is 19.0 Å². The number of hydrogen-bond acceptors (Lipinski definition) is 6. The van der Waals surface area contributed by atoms with Crippen LogP contribution in [-0.2, 0) is 24.1 Å². The van der Waals surface area contributed by atoms with Gasteiger partial charge < -0.3 is 19.2 Å². The lowest BCUT2D eigenvalue weighted by Crippen LogP contribution is -2.23. The highest BCUT2D eigenvalue weighted by molar-refractivity contribution is 7.98. The average Bonchev–Trinajstić information content (AvgIpc) is 3.08. The Labute approximate surface area is 164 Å². The van der Waals surface area contributed by atoms with Gasteiger partial charge >= 0.3 is 0 Å². The van der Waals surface area contributed by atoms with Crippen molar-refractivity contribution in [3.8, 4) is 5.75 Å². The third-order valence-electron chi connectivity index (χ3n) is 3.88. The maximum Gasteiger partial charge on any atom is 0.244 e. The number of para-hydroxylation sites is 1. The zero-order valence-electron chi connectivity index (χ0n) is 15.3. The number of methoxy groups -OCH3 is 1. The molecule has 0 unspecified atom stereocenters. The Balaban J connectivity index is 1.81. The predicted molar refractivity (Wildman–Crippen MR) is 103 cm³/mol. The number of ether oxygens (including phenoxy) is 1. The highest BCUT2D eigenvalue weighted by Crippen LogP contribution is 2.20. The van der Waals surface area contributed by atoms with Gasteiger partial charge in [0.2, 0.25) is 11.3 Å². The Morgan fingerprint density at radius 1 is 1.36 bits per heavy atom. The topological polar surface area (TPSA) is 91.0 Å². The van der Waals surface area contributed by atoms with E-state index in [9.17, 15) is 14.0 Å². The van der Waals surface area contributed by atoms with E-state index in [0.717, 1.165) is 0 Å². The standard InChI is InChI=1S/C18H18FN5O3S/c1-23-11-20-22-18(23)28-10-12-7-15(25)16(27-2)8-24(12)9-17(26)21-14-6-4-3-5-13(14)19/h3-8,11H,9-10H2,1-2H3,(H,21,26). The second-order valence-electron chi connectivity index (χ2n) is 5.87. The van der Waals surface area contributed by atoms with E-state index in [1.54, 1.807) is 27.6 Å². The molecule has 8 nitrogen and oxygen atoms in total. The van der Waals surface area contributed by atoms with Crippen molar-refractivity contribution in [2.75, 3.05) is 12.4 Å². The van der Waals surface area contributed by atoms with Gasteiger partial charge in [-0.05, 0) is 12.1 Å². The first-order chi connectivity index (χ1) is 13.5. The van der Waals surface area contributed by atoms with Crippen molar-refractivity contribution in [2.24, 2.45) is 7.05 Å². The van der Waals surface area contributed by atoms with E-state index >= 15 is 0 Å². The number of halogens is 1. The number of benzene rings is 1. The second-order valence-corrected chi connectivity index (χ2v) is 6.81. The van der Waals surface area contributed by atoms with Gasteiger partial charge in [-0.25, -0.2) is 4.39 Å². The number of amides is 1. The first-order valence-corrected chi connectivity index (χ1v) is 9.25. The molecule has 2 heterocycles. The van der Waals surface area contributed by atoms with E-state index in [2.05, 4.69) is 15.5 Å². The van der Waals surface area contributed by atoms with Crippen molar-refractivity contribution in [3.05, 3.63) is 64.6 Å². The largest absolute Gasteiger partial charge is 0.491 e. The molecule has 0 saturated heterocycles. The van der Waals surface area contributed by atoms with Crippen molar-refractivity contribution in [1.82, 2.24) is 19.3 Å². The highest BCUT2D eigenvalue weighted by atomic mass is 32.2. The summed E-state index contributed by atoms with van der Waals surface area (Å²) in [4.78, 5) is 24.5. The number of carbonyl (C=O) groups excluding carboxylic acids is 1. The van der Waals surface area contributed by atoms with Crippen LogP contribution in [0.3, 0.4) is 0 Å². The maximum atomic E-state index is 13.8. The summed E-state index contributed by atoms with van der Waals surface area (Å²) in [5.74, 6) is -0.447. The molecule has 146 valence electrons. The fraction of sp³-hybridized carbons (Fsp3) is 0.222. The van der Waals surface area contributed by atoms with Gasteiger partial charge in [0.1, 0.15) is 18.7 Å². The smallest absolute Gasteiger partial charge is 0.244 e. The molecule has 28 heavy (non-hydrogen) atoms. The highest BCUT2D eigenvalue weighted by Gasteiger charge is 2.13. The zero-order valence-corrected chi connectivity index (χ0v) is 16.1. The number of aryl methyl sites for hydroxylation is 1. The Morgan fingerprint density at radius 3 is 2.82 bits per heavy atom. The summed E-state index contributed by atoms with van der Waals surface area (Å²) in [5, 5.41) is 11.0. The minimum absolute atomic E-state index is 0.0931. The molecule has 0 bridgehead atoms. The number of pyridine rings is 1. The molecule has 0 aliphatic carbocycles. The molecule has 0 atom stereocenters. The number of aromatic nitrogens is 4. The molecule has 3 rings (SSSR count). The van der Waals surface area contributed by atoms with Crippen LogP contribution in [0, 0.1) is 5.82 Å². The summed E-state index contributed by atoms with van der Waals surface area (Å²) in [6.07, 6.45) is 3.04. The molecule has 0 fully saturated rings. The van der Waals surface area contributed by atoms with Crippen LogP contribution >= 0.6 is 11.8 Å². The Kier molecular flexibility index (Phi) is 6.09. The van der Waals surface area contributed by atoms with Crippen LogP contribution in [0.1, 0.15) is 5.69 Å². The lowest BCUT2D eigenvalue weighted by atomic mass is 10.3.